The monoisotopic (exact) mass is 357 g/mol. The predicted molar refractivity (Wildman–Crippen MR) is 91.6 cm³/mol. The molecule has 1 N–H and O–H groups in total. The molecule has 0 aliphatic carbocycles. The highest BCUT2D eigenvalue weighted by Crippen LogP contribution is 2.36. The van der Waals surface area contributed by atoms with Crippen LogP contribution in [0, 0.1) is 5.41 Å². The average Bonchev–Trinajstić information content (AvgIpc) is 2.62. The van der Waals surface area contributed by atoms with Gasteiger partial charge in [0.2, 0.25) is 10.0 Å². The second-order valence-electron chi connectivity index (χ2n) is 6.37. The predicted octanol–water partition coefficient (Wildman–Crippen LogP) is 1.89. The lowest BCUT2D eigenvalue weighted by atomic mass is 9.78. The number of methoxy groups -OCH3 is 2. The van der Waals surface area contributed by atoms with Crippen molar-refractivity contribution in [2.75, 3.05) is 40.5 Å². The number of hydrogen-bond donors (Lipinski definition) is 1. The maximum atomic E-state index is 12.9. The summed E-state index contributed by atoms with van der Waals surface area (Å²) in [5.41, 5.74) is -0.379. The number of rotatable bonds is 8. The van der Waals surface area contributed by atoms with Crippen LogP contribution in [0.15, 0.2) is 29.2 Å². The minimum absolute atomic E-state index is 0.00858. The van der Waals surface area contributed by atoms with Crippen molar-refractivity contribution < 1.29 is 23.0 Å². The molecule has 136 valence electrons. The summed E-state index contributed by atoms with van der Waals surface area (Å²) in [6.07, 6.45) is 3.16. The van der Waals surface area contributed by atoms with E-state index in [1.54, 1.807) is 38.5 Å². The summed E-state index contributed by atoms with van der Waals surface area (Å²) in [6.45, 7) is 1.44. The fraction of sp³-hybridized carbons (Fsp3) is 0.647. The Balaban J connectivity index is 2.16. The number of benzene rings is 1. The Morgan fingerprint density at radius 3 is 2.54 bits per heavy atom. The number of piperidine rings is 1. The van der Waals surface area contributed by atoms with E-state index in [2.05, 4.69) is 0 Å². The first-order valence-corrected chi connectivity index (χ1v) is 9.65. The number of ether oxygens (including phenoxy) is 2. The minimum Gasteiger partial charge on any atom is -0.497 e. The number of sulfonamides is 1. The third-order valence-corrected chi connectivity index (χ3v) is 6.57. The fourth-order valence-electron chi connectivity index (χ4n) is 3.27. The van der Waals surface area contributed by atoms with Gasteiger partial charge in [-0.2, -0.15) is 4.31 Å². The average molecular weight is 357 g/mol. The van der Waals surface area contributed by atoms with Crippen molar-refractivity contribution in [1.29, 1.82) is 0 Å². The molecule has 0 saturated carbocycles. The van der Waals surface area contributed by atoms with E-state index in [0.717, 1.165) is 25.7 Å². The van der Waals surface area contributed by atoms with Crippen LogP contribution in [0.5, 0.6) is 5.75 Å². The summed E-state index contributed by atoms with van der Waals surface area (Å²) < 4.78 is 37.5. The molecule has 0 amide bonds. The molecule has 1 aromatic carbocycles. The molecule has 2 rings (SSSR count). The molecule has 6 nitrogen and oxygen atoms in total. The fourth-order valence-corrected chi connectivity index (χ4v) is 4.86. The number of aliphatic hydroxyl groups excluding tert-OH is 1. The van der Waals surface area contributed by atoms with Crippen LogP contribution in [0.4, 0.5) is 0 Å². The molecule has 0 unspecified atom stereocenters. The van der Waals surface area contributed by atoms with Crippen LogP contribution >= 0.6 is 0 Å². The zero-order valence-corrected chi connectivity index (χ0v) is 15.2. The highest BCUT2D eigenvalue weighted by molar-refractivity contribution is 7.89. The Morgan fingerprint density at radius 2 is 1.96 bits per heavy atom. The molecule has 1 aromatic rings. The lowest BCUT2D eigenvalue weighted by Crippen LogP contribution is -2.47. The van der Waals surface area contributed by atoms with Crippen LogP contribution in [-0.2, 0) is 14.8 Å². The van der Waals surface area contributed by atoms with Crippen molar-refractivity contribution in [1.82, 2.24) is 4.31 Å². The van der Waals surface area contributed by atoms with Gasteiger partial charge in [0.05, 0.1) is 12.0 Å². The lowest BCUT2D eigenvalue weighted by Gasteiger charge is -2.41. The molecule has 0 spiro atoms. The van der Waals surface area contributed by atoms with Gasteiger partial charge in [-0.05, 0) is 49.9 Å². The van der Waals surface area contributed by atoms with E-state index >= 15 is 0 Å². The summed E-state index contributed by atoms with van der Waals surface area (Å²) in [5.74, 6) is 0.622. The van der Waals surface area contributed by atoms with E-state index in [1.165, 1.54) is 4.31 Å². The van der Waals surface area contributed by atoms with Gasteiger partial charge >= 0.3 is 0 Å². The Kier molecular flexibility index (Phi) is 6.62. The molecule has 7 heteroatoms. The summed E-state index contributed by atoms with van der Waals surface area (Å²) >= 11 is 0. The normalized spacial score (nSPS) is 22.5. The topological polar surface area (TPSA) is 76.1 Å². The zero-order valence-electron chi connectivity index (χ0n) is 14.4. The van der Waals surface area contributed by atoms with E-state index in [4.69, 9.17) is 9.47 Å². The van der Waals surface area contributed by atoms with Gasteiger partial charge in [-0.3, -0.25) is 0 Å². The molecule has 24 heavy (non-hydrogen) atoms. The van der Waals surface area contributed by atoms with Crippen LogP contribution in [0.2, 0.25) is 0 Å². The van der Waals surface area contributed by atoms with Crippen molar-refractivity contribution in [2.24, 2.45) is 5.41 Å². The molecule has 1 aliphatic rings. The quantitative estimate of drug-likeness (QED) is 0.719. The molecule has 1 fully saturated rings. The van der Waals surface area contributed by atoms with Gasteiger partial charge in [0, 0.05) is 38.8 Å². The second kappa shape index (κ2) is 8.29. The molecule has 1 aliphatic heterocycles. The van der Waals surface area contributed by atoms with E-state index in [-0.39, 0.29) is 16.9 Å². The highest BCUT2D eigenvalue weighted by atomic mass is 32.2. The Hall–Kier alpha value is -1.15. The molecule has 1 heterocycles. The van der Waals surface area contributed by atoms with Crippen molar-refractivity contribution in [3.63, 3.8) is 0 Å². The Morgan fingerprint density at radius 1 is 1.25 bits per heavy atom. The van der Waals surface area contributed by atoms with E-state index in [0.29, 0.717) is 25.4 Å². The smallest absolute Gasteiger partial charge is 0.243 e. The van der Waals surface area contributed by atoms with Crippen molar-refractivity contribution in [3.05, 3.63) is 24.3 Å². The minimum atomic E-state index is -3.56. The second-order valence-corrected chi connectivity index (χ2v) is 8.31. The number of hydrogen-bond acceptors (Lipinski definition) is 5. The van der Waals surface area contributed by atoms with Crippen LogP contribution in [-0.4, -0.2) is 58.4 Å². The highest BCUT2D eigenvalue weighted by Gasteiger charge is 2.39. The van der Waals surface area contributed by atoms with Crippen LogP contribution in [0.3, 0.4) is 0 Å². The third-order valence-electron chi connectivity index (χ3n) is 4.71. The number of nitrogens with zero attached hydrogens (tertiary/aromatic N) is 1. The van der Waals surface area contributed by atoms with Gasteiger partial charge in [-0.25, -0.2) is 8.42 Å². The van der Waals surface area contributed by atoms with Crippen LogP contribution in [0.1, 0.15) is 25.7 Å². The Labute approximate surface area is 144 Å². The molecule has 1 saturated heterocycles. The summed E-state index contributed by atoms with van der Waals surface area (Å²) in [4.78, 5) is 0.258. The van der Waals surface area contributed by atoms with E-state index in [1.807, 2.05) is 0 Å². The van der Waals surface area contributed by atoms with Crippen molar-refractivity contribution in [3.8, 4) is 5.75 Å². The first kappa shape index (κ1) is 19.2. The van der Waals surface area contributed by atoms with Gasteiger partial charge in [-0.1, -0.05) is 0 Å². The SMILES string of the molecule is COCCC[C@@]1(CO)CCCN(S(=O)(=O)c2ccc(OC)cc2)C1. The van der Waals surface area contributed by atoms with Gasteiger partial charge in [-0.15, -0.1) is 0 Å². The third kappa shape index (κ3) is 4.27. The van der Waals surface area contributed by atoms with Crippen LogP contribution in [0.25, 0.3) is 0 Å². The molecular weight excluding hydrogens is 330 g/mol. The number of aliphatic hydroxyl groups is 1. The molecule has 0 aromatic heterocycles. The van der Waals surface area contributed by atoms with Crippen molar-refractivity contribution >= 4 is 10.0 Å². The maximum absolute atomic E-state index is 12.9. The molecule has 0 radical (unpaired) electrons. The van der Waals surface area contributed by atoms with Crippen molar-refractivity contribution in [2.45, 2.75) is 30.6 Å². The first-order valence-electron chi connectivity index (χ1n) is 8.21. The Bertz CT molecular complexity index is 616. The maximum Gasteiger partial charge on any atom is 0.243 e. The first-order chi connectivity index (χ1) is 11.5. The van der Waals surface area contributed by atoms with Gasteiger partial charge in [0.25, 0.3) is 0 Å². The lowest BCUT2D eigenvalue weighted by molar-refractivity contribution is 0.0472. The summed E-state index contributed by atoms with van der Waals surface area (Å²) in [6, 6.07) is 6.42. The van der Waals surface area contributed by atoms with Gasteiger partial charge in [0.15, 0.2) is 0 Å². The largest absolute Gasteiger partial charge is 0.497 e. The molecular formula is C17H27NO5S. The zero-order chi connectivity index (χ0) is 17.6. The molecule has 0 bridgehead atoms. The summed E-state index contributed by atoms with van der Waals surface area (Å²) in [5, 5.41) is 9.88. The van der Waals surface area contributed by atoms with Crippen LogP contribution < -0.4 is 4.74 Å². The van der Waals surface area contributed by atoms with Gasteiger partial charge in [0.1, 0.15) is 5.75 Å². The molecule has 1 atom stereocenters. The standard InChI is InChI=1S/C17H27NO5S/c1-22-12-4-10-17(14-19)9-3-11-18(13-17)24(20,21)16-7-5-15(23-2)6-8-16/h5-8,19H,3-4,9-14H2,1-2H3/t17-/m0/s1. The van der Waals surface area contributed by atoms with E-state index < -0.39 is 10.0 Å². The van der Waals surface area contributed by atoms with Gasteiger partial charge < -0.3 is 14.6 Å². The van der Waals surface area contributed by atoms with E-state index in [9.17, 15) is 13.5 Å². The summed E-state index contributed by atoms with van der Waals surface area (Å²) in [7, 11) is -0.372.